The molecule has 1 amide bonds. The summed E-state index contributed by atoms with van der Waals surface area (Å²) in [6.45, 7) is 7.27. The maximum Gasteiger partial charge on any atom is 0.236 e. The number of nitrogens with one attached hydrogen (secondary N) is 2. The smallest absolute Gasteiger partial charge is 0.236 e. The standard InChI is InChI=1S/C15H30N2O/c1-4-5-11-16-15(18)13(3)17-14-8-6-7-12(2)9-10-14/h12-14,17H,4-11H2,1-3H3,(H,16,18). The highest BCUT2D eigenvalue weighted by molar-refractivity contribution is 5.81. The van der Waals surface area contributed by atoms with Crippen LogP contribution in [0.25, 0.3) is 0 Å². The summed E-state index contributed by atoms with van der Waals surface area (Å²) in [5.74, 6) is 1.01. The van der Waals surface area contributed by atoms with Crippen LogP contribution in [0.3, 0.4) is 0 Å². The number of rotatable bonds is 6. The van der Waals surface area contributed by atoms with Crippen molar-refractivity contribution in [3.05, 3.63) is 0 Å². The van der Waals surface area contributed by atoms with E-state index in [4.69, 9.17) is 0 Å². The number of hydrogen-bond acceptors (Lipinski definition) is 2. The van der Waals surface area contributed by atoms with Crippen LogP contribution in [0.4, 0.5) is 0 Å². The summed E-state index contributed by atoms with van der Waals surface area (Å²) in [6.07, 6.45) is 8.56. The molecule has 0 heterocycles. The fraction of sp³-hybridized carbons (Fsp3) is 0.933. The van der Waals surface area contributed by atoms with Gasteiger partial charge in [-0.05, 0) is 38.5 Å². The van der Waals surface area contributed by atoms with Crippen LogP contribution < -0.4 is 10.6 Å². The first-order valence-corrected chi connectivity index (χ1v) is 7.67. The lowest BCUT2D eigenvalue weighted by Gasteiger charge is -2.21. The number of carbonyl (C=O) groups excluding carboxylic acids is 1. The SMILES string of the molecule is CCCCNC(=O)C(C)NC1CCCC(C)CC1. The van der Waals surface area contributed by atoms with E-state index in [0.717, 1.165) is 25.3 Å². The Hall–Kier alpha value is -0.570. The van der Waals surface area contributed by atoms with Gasteiger partial charge in [-0.2, -0.15) is 0 Å². The second-order valence-electron chi connectivity index (χ2n) is 5.84. The molecule has 1 saturated carbocycles. The zero-order chi connectivity index (χ0) is 13.4. The molecule has 106 valence electrons. The predicted octanol–water partition coefficient (Wildman–Crippen LogP) is 2.85. The van der Waals surface area contributed by atoms with Crippen molar-refractivity contribution in [3.63, 3.8) is 0 Å². The number of carbonyl (C=O) groups is 1. The van der Waals surface area contributed by atoms with Crippen molar-refractivity contribution in [1.29, 1.82) is 0 Å². The normalized spacial score (nSPS) is 26.4. The molecule has 18 heavy (non-hydrogen) atoms. The molecule has 0 aromatic carbocycles. The molecule has 1 aliphatic rings. The van der Waals surface area contributed by atoms with Crippen molar-refractivity contribution in [2.24, 2.45) is 5.92 Å². The van der Waals surface area contributed by atoms with Crippen LogP contribution >= 0.6 is 0 Å². The molecular formula is C15H30N2O. The maximum atomic E-state index is 11.9. The Morgan fingerprint density at radius 2 is 2.06 bits per heavy atom. The van der Waals surface area contributed by atoms with Crippen LogP contribution in [-0.4, -0.2) is 24.5 Å². The minimum atomic E-state index is -0.0553. The van der Waals surface area contributed by atoms with Crippen LogP contribution in [0.5, 0.6) is 0 Å². The van der Waals surface area contributed by atoms with E-state index in [1.165, 1.54) is 32.1 Å². The quantitative estimate of drug-likeness (QED) is 0.565. The van der Waals surface area contributed by atoms with E-state index in [0.29, 0.717) is 6.04 Å². The zero-order valence-corrected chi connectivity index (χ0v) is 12.3. The summed E-state index contributed by atoms with van der Waals surface area (Å²) >= 11 is 0. The summed E-state index contributed by atoms with van der Waals surface area (Å²) in [5.41, 5.74) is 0. The summed E-state index contributed by atoms with van der Waals surface area (Å²) in [6, 6.07) is 0.474. The van der Waals surface area contributed by atoms with Crippen LogP contribution in [-0.2, 0) is 4.79 Å². The van der Waals surface area contributed by atoms with Gasteiger partial charge in [0.15, 0.2) is 0 Å². The largest absolute Gasteiger partial charge is 0.355 e. The Balaban J connectivity index is 2.25. The van der Waals surface area contributed by atoms with Crippen molar-refractivity contribution < 1.29 is 4.79 Å². The Morgan fingerprint density at radius 3 is 2.78 bits per heavy atom. The molecule has 0 saturated heterocycles. The molecule has 0 radical (unpaired) electrons. The van der Waals surface area contributed by atoms with Gasteiger partial charge >= 0.3 is 0 Å². The molecule has 3 atom stereocenters. The van der Waals surface area contributed by atoms with Gasteiger partial charge in [-0.3, -0.25) is 4.79 Å². The van der Waals surface area contributed by atoms with Crippen molar-refractivity contribution in [2.75, 3.05) is 6.54 Å². The van der Waals surface area contributed by atoms with Crippen LogP contribution in [0, 0.1) is 5.92 Å². The Morgan fingerprint density at radius 1 is 1.28 bits per heavy atom. The number of hydrogen-bond donors (Lipinski definition) is 2. The van der Waals surface area contributed by atoms with Gasteiger partial charge in [0, 0.05) is 12.6 Å². The van der Waals surface area contributed by atoms with E-state index in [1.54, 1.807) is 0 Å². The molecule has 1 fully saturated rings. The molecule has 3 heteroatoms. The Kier molecular flexibility index (Phi) is 7.33. The van der Waals surface area contributed by atoms with E-state index in [2.05, 4.69) is 24.5 Å². The fourth-order valence-electron chi connectivity index (χ4n) is 2.62. The zero-order valence-electron chi connectivity index (χ0n) is 12.3. The molecule has 2 N–H and O–H groups in total. The van der Waals surface area contributed by atoms with Crippen molar-refractivity contribution in [2.45, 2.75) is 77.8 Å². The van der Waals surface area contributed by atoms with E-state index in [1.807, 2.05) is 6.92 Å². The molecular weight excluding hydrogens is 224 g/mol. The van der Waals surface area contributed by atoms with Gasteiger partial charge in [0.05, 0.1) is 6.04 Å². The van der Waals surface area contributed by atoms with Crippen molar-refractivity contribution in [3.8, 4) is 0 Å². The van der Waals surface area contributed by atoms with Crippen LogP contribution in [0.1, 0.15) is 65.7 Å². The van der Waals surface area contributed by atoms with E-state index < -0.39 is 0 Å². The Labute approximate surface area is 112 Å². The minimum absolute atomic E-state index is 0.0553. The first kappa shape index (κ1) is 15.5. The van der Waals surface area contributed by atoms with E-state index in [9.17, 15) is 4.79 Å². The lowest BCUT2D eigenvalue weighted by molar-refractivity contribution is -0.122. The van der Waals surface area contributed by atoms with Crippen LogP contribution in [0.15, 0.2) is 0 Å². The summed E-state index contributed by atoms with van der Waals surface area (Å²) < 4.78 is 0. The highest BCUT2D eigenvalue weighted by Crippen LogP contribution is 2.22. The first-order chi connectivity index (χ1) is 8.63. The van der Waals surface area contributed by atoms with Gasteiger partial charge in [0.2, 0.25) is 5.91 Å². The molecule has 1 aliphatic carbocycles. The summed E-state index contributed by atoms with van der Waals surface area (Å²) in [7, 11) is 0. The lowest BCUT2D eigenvalue weighted by Crippen LogP contribution is -2.46. The van der Waals surface area contributed by atoms with Gasteiger partial charge in [0.1, 0.15) is 0 Å². The predicted molar refractivity (Wildman–Crippen MR) is 76.6 cm³/mol. The van der Waals surface area contributed by atoms with E-state index in [-0.39, 0.29) is 11.9 Å². The van der Waals surface area contributed by atoms with Gasteiger partial charge in [-0.1, -0.05) is 33.1 Å². The van der Waals surface area contributed by atoms with Gasteiger partial charge in [-0.15, -0.1) is 0 Å². The third-order valence-corrected chi connectivity index (χ3v) is 3.97. The molecule has 3 unspecified atom stereocenters. The van der Waals surface area contributed by atoms with Gasteiger partial charge < -0.3 is 10.6 Å². The maximum absolute atomic E-state index is 11.9. The minimum Gasteiger partial charge on any atom is -0.355 e. The summed E-state index contributed by atoms with van der Waals surface area (Å²) in [4.78, 5) is 11.9. The van der Waals surface area contributed by atoms with Gasteiger partial charge in [0.25, 0.3) is 0 Å². The molecule has 0 aromatic heterocycles. The van der Waals surface area contributed by atoms with Gasteiger partial charge in [-0.25, -0.2) is 0 Å². The molecule has 0 aliphatic heterocycles. The van der Waals surface area contributed by atoms with Crippen LogP contribution in [0.2, 0.25) is 0 Å². The topological polar surface area (TPSA) is 41.1 Å². The third-order valence-electron chi connectivity index (χ3n) is 3.97. The molecule has 0 bridgehead atoms. The second kappa shape index (κ2) is 8.52. The average molecular weight is 254 g/mol. The van der Waals surface area contributed by atoms with E-state index >= 15 is 0 Å². The van der Waals surface area contributed by atoms with Crippen molar-refractivity contribution >= 4 is 5.91 Å². The fourth-order valence-corrected chi connectivity index (χ4v) is 2.62. The third kappa shape index (κ3) is 5.85. The molecule has 1 rings (SSSR count). The number of amides is 1. The second-order valence-corrected chi connectivity index (χ2v) is 5.84. The molecule has 0 aromatic rings. The first-order valence-electron chi connectivity index (χ1n) is 7.67. The highest BCUT2D eigenvalue weighted by atomic mass is 16.2. The lowest BCUT2D eigenvalue weighted by atomic mass is 10.0. The highest BCUT2D eigenvalue weighted by Gasteiger charge is 2.20. The summed E-state index contributed by atoms with van der Waals surface area (Å²) in [5, 5.41) is 6.49. The van der Waals surface area contributed by atoms with Crippen molar-refractivity contribution in [1.82, 2.24) is 10.6 Å². The Bertz CT molecular complexity index is 243. The molecule has 0 spiro atoms. The average Bonchev–Trinajstić information content (AvgIpc) is 2.54. The molecule has 3 nitrogen and oxygen atoms in total. The number of unbranched alkanes of at least 4 members (excludes halogenated alkanes) is 1. The monoisotopic (exact) mass is 254 g/mol.